The van der Waals surface area contributed by atoms with Gasteiger partial charge in [-0.25, -0.2) is 0 Å². The van der Waals surface area contributed by atoms with Gasteiger partial charge in [-0.05, 0) is 19.1 Å². The Morgan fingerprint density at radius 1 is 1.36 bits per heavy atom. The molecule has 6 nitrogen and oxygen atoms in total. The molecule has 1 aromatic carbocycles. The third-order valence-corrected chi connectivity index (χ3v) is 4.14. The number of aromatic nitrogens is 2. The number of nitrogens with zero attached hydrogens (tertiary/aromatic N) is 3. The van der Waals surface area contributed by atoms with Crippen molar-refractivity contribution in [3.05, 3.63) is 30.3 Å². The maximum absolute atomic E-state index is 12.2. The van der Waals surface area contributed by atoms with Crippen LogP contribution < -0.4 is 0 Å². The van der Waals surface area contributed by atoms with Crippen LogP contribution >= 0.6 is 11.8 Å². The number of ether oxygens (including phenoxy) is 1. The van der Waals surface area contributed by atoms with Gasteiger partial charge in [0.15, 0.2) is 0 Å². The van der Waals surface area contributed by atoms with Crippen LogP contribution in [0.3, 0.4) is 0 Å². The molecule has 1 fully saturated rings. The van der Waals surface area contributed by atoms with Gasteiger partial charge in [-0.15, -0.1) is 10.2 Å². The van der Waals surface area contributed by atoms with Crippen molar-refractivity contribution in [2.45, 2.75) is 18.3 Å². The summed E-state index contributed by atoms with van der Waals surface area (Å²) in [7, 11) is 0. The van der Waals surface area contributed by atoms with Crippen LogP contribution in [0.2, 0.25) is 0 Å². The largest absolute Gasteiger partial charge is 0.411 e. The molecule has 0 N–H and O–H groups in total. The summed E-state index contributed by atoms with van der Waals surface area (Å²) in [6.45, 7) is 3.84. The van der Waals surface area contributed by atoms with Crippen LogP contribution in [0.4, 0.5) is 0 Å². The quantitative estimate of drug-likeness (QED) is 0.804. The molecule has 1 aliphatic rings. The number of hydrogen-bond donors (Lipinski definition) is 0. The zero-order valence-corrected chi connectivity index (χ0v) is 13.1. The Morgan fingerprint density at radius 2 is 2.18 bits per heavy atom. The molecule has 0 saturated carbocycles. The maximum Gasteiger partial charge on any atom is 0.277 e. The third kappa shape index (κ3) is 3.66. The first-order valence-electron chi connectivity index (χ1n) is 7.13. The monoisotopic (exact) mass is 319 g/mol. The molecule has 7 heteroatoms. The summed E-state index contributed by atoms with van der Waals surface area (Å²) in [5, 5.41) is 8.39. The molecular formula is C15H17N3O3S. The summed E-state index contributed by atoms with van der Waals surface area (Å²) in [6, 6.07) is 9.56. The first-order valence-corrected chi connectivity index (χ1v) is 8.12. The Balaban J connectivity index is 1.56. The Kier molecular flexibility index (Phi) is 4.74. The van der Waals surface area contributed by atoms with Gasteiger partial charge < -0.3 is 14.1 Å². The van der Waals surface area contributed by atoms with E-state index in [1.807, 2.05) is 42.2 Å². The minimum absolute atomic E-state index is 0.0691. The van der Waals surface area contributed by atoms with E-state index >= 15 is 0 Å². The fourth-order valence-corrected chi connectivity index (χ4v) is 2.89. The van der Waals surface area contributed by atoms with Gasteiger partial charge in [-0.1, -0.05) is 30.0 Å². The SMILES string of the molecule is CC1CN(C(=O)CSc2nnc(-c3ccccc3)o2)CCO1. The van der Waals surface area contributed by atoms with Crippen LogP contribution in [-0.4, -0.2) is 52.6 Å². The van der Waals surface area contributed by atoms with Gasteiger partial charge in [-0.2, -0.15) is 0 Å². The number of hydrogen-bond acceptors (Lipinski definition) is 6. The topological polar surface area (TPSA) is 68.5 Å². The fourth-order valence-electron chi connectivity index (χ4n) is 2.23. The molecule has 22 heavy (non-hydrogen) atoms. The van der Waals surface area contributed by atoms with Crippen LogP contribution in [0.5, 0.6) is 0 Å². The molecule has 2 heterocycles. The zero-order valence-electron chi connectivity index (χ0n) is 12.3. The van der Waals surface area contributed by atoms with E-state index < -0.39 is 0 Å². The van der Waals surface area contributed by atoms with Crippen LogP contribution in [-0.2, 0) is 9.53 Å². The molecule has 1 aromatic heterocycles. The van der Waals surface area contributed by atoms with Gasteiger partial charge in [0.25, 0.3) is 5.22 Å². The van der Waals surface area contributed by atoms with Crippen LogP contribution in [0, 0.1) is 0 Å². The summed E-state index contributed by atoms with van der Waals surface area (Å²) >= 11 is 1.27. The van der Waals surface area contributed by atoms with E-state index in [-0.39, 0.29) is 12.0 Å². The van der Waals surface area contributed by atoms with Gasteiger partial charge >= 0.3 is 0 Å². The first-order chi connectivity index (χ1) is 10.7. The molecule has 0 aliphatic carbocycles. The van der Waals surface area contributed by atoms with E-state index in [4.69, 9.17) is 9.15 Å². The lowest BCUT2D eigenvalue weighted by molar-refractivity contribution is -0.135. The van der Waals surface area contributed by atoms with Crippen molar-refractivity contribution in [3.8, 4) is 11.5 Å². The number of benzene rings is 1. The van der Waals surface area contributed by atoms with Gasteiger partial charge in [-0.3, -0.25) is 4.79 Å². The summed E-state index contributed by atoms with van der Waals surface area (Å²) in [4.78, 5) is 14.0. The van der Waals surface area contributed by atoms with Crippen molar-refractivity contribution in [1.29, 1.82) is 0 Å². The summed E-state index contributed by atoms with van der Waals surface area (Å²) in [5.74, 6) is 0.832. The number of carbonyl (C=O) groups is 1. The molecular weight excluding hydrogens is 302 g/mol. The number of morpholine rings is 1. The fraction of sp³-hybridized carbons (Fsp3) is 0.400. The van der Waals surface area contributed by atoms with E-state index in [2.05, 4.69) is 10.2 Å². The molecule has 1 amide bonds. The molecule has 1 aliphatic heterocycles. The molecule has 1 saturated heterocycles. The Labute approximate surface area is 132 Å². The van der Waals surface area contributed by atoms with E-state index in [1.54, 1.807) is 0 Å². The summed E-state index contributed by atoms with van der Waals surface area (Å²) in [6.07, 6.45) is 0.0933. The van der Waals surface area contributed by atoms with Crippen LogP contribution in [0.15, 0.2) is 40.0 Å². The number of amides is 1. The Hall–Kier alpha value is -1.86. The molecule has 1 atom stereocenters. The normalized spacial score (nSPS) is 18.4. The number of rotatable bonds is 4. The molecule has 2 aromatic rings. The second kappa shape index (κ2) is 6.93. The highest BCUT2D eigenvalue weighted by atomic mass is 32.2. The standard InChI is InChI=1S/C15H17N3O3S/c1-11-9-18(7-8-20-11)13(19)10-22-15-17-16-14(21-15)12-5-3-2-4-6-12/h2-6,11H,7-10H2,1H3. The Morgan fingerprint density at radius 3 is 2.95 bits per heavy atom. The van der Waals surface area contributed by atoms with Crippen molar-refractivity contribution < 1.29 is 13.9 Å². The average molecular weight is 319 g/mol. The van der Waals surface area contributed by atoms with Crippen molar-refractivity contribution in [1.82, 2.24) is 15.1 Å². The highest BCUT2D eigenvalue weighted by Gasteiger charge is 2.22. The van der Waals surface area contributed by atoms with Gasteiger partial charge in [0.05, 0.1) is 18.5 Å². The lowest BCUT2D eigenvalue weighted by atomic mass is 10.2. The second-order valence-electron chi connectivity index (χ2n) is 5.05. The van der Waals surface area contributed by atoms with Crippen molar-refractivity contribution in [2.75, 3.05) is 25.4 Å². The predicted octanol–water partition coefficient (Wildman–Crippen LogP) is 2.08. The highest BCUT2D eigenvalue weighted by Crippen LogP contribution is 2.23. The van der Waals surface area contributed by atoms with Crippen molar-refractivity contribution in [2.24, 2.45) is 0 Å². The predicted molar refractivity (Wildman–Crippen MR) is 82.5 cm³/mol. The van der Waals surface area contributed by atoms with Crippen LogP contribution in [0.25, 0.3) is 11.5 Å². The van der Waals surface area contributed by atoms with Gasteiger partial charge in [0, 0.05) is 18.7 Å². The van der Waals surface area contributed by atoms with Crippen molar-refractivity contribution >= 4 is 17.7 Å². The van der Waals surface area contributed by atoms with E-state index in [9.17, 15) is 4.79 Å². The van der Waals surface area contributed by atoms with E-state index in [0.29, 0.717) is 36.6 Å². The lowest BCUT2D eigenvalue weighted by Crippen LogP contribution is -2.45. The average Bonchev–Trinajstić information content (AvgIpc) is 3.02. The Bertz CT molecular complexity index is 632. The summed E-state index contributed by atoms with van der Waals surface area (Å²) in [5.41, 5.74) is 0.871. The molecule has 3 rings (SSSR count). The molecule has 0 bridgehead atoms. The van der Waals surface area contributed by atoms with Crippen molar-refractivity contribution in [3.63, 3.8) is 0 Å². The molecule has 116 valence electrons. The maximum atomic E-state index is 12.2. The third-order valence-electron chi connectivity index (χ3n) is 3.34. The van der Waals surface area contributed by atoms with E-state index in [1.165, 1.54) is 11.8 Å². The zero-order chi connectivity index (χ0) is 15.4. The van der Waals surface area contributed by atoms with E-state index in [0.717, 1.165) is 5.56 Å². The molecule has 0 radical (unpaired) electrons. The first kappa shape index (κ1) is 15.1. The summed E-state index contributed by atoms with van der Waals surface area (Å²) < 4.78 is 11.0. The van der Waals surface area contributed by atoms with Gasteiger partial charge in [0.2, 0.25) is 11.8 Å². The second-order valence-corrected chi connectivity index (χ2v) is 5.98. The lowest BCUT2D eigenvalue weighted by Gasteiger charge is -2.30. The molecule has 1 unspecified atom stereocenters. The highest BCUT2D eigenvalue weighted by molar-refractivity contribution is 7.99. The minimum Gasteiger partial charge on any atom is -0.411 e. The van der Waals surface area contributed by atoms with Crippen LogP contribution in [0.1, 0.15) is 6.92 Å². The molecule has 0 spiro atoms. The number of thioether (sulfide) groups is 1. The number of carbonyl (C=O) groups excluding carboxylic acids is 1. The minimum atomic E-state index is 0.0691. The smallest absolute Gasteiger partial charge is 0.277 e. The van der Waals surface area contributed by atoms with Gasteiger partial charge in [0.1, 0.15) is 0 Å².